The lowest BCUT2D eigenvalue weighted by atomic mass is 9.99. The number of rotatable bonds is 5. The van der Waals surface area contributed by atoms with Crippen LogP contribution >= 0.6 is 0 Å². The lowest BCUT2D eigenvalue weighted by Crippen LogP contribution is -2.11. The number of nitrogens with one attached hydrogen (secondary N) is 2. The average Bonchev–Trinajstić information content (AvgIpc) is 3.01. The second-order valence-electron chi connectivity index (χ2n) is 7.46. The van der Waals surface area contributed by atoms with E-state index in [0.29, 0.717) is 28.1 Å². The highest BCUT2D eigenvalue weighted by molar-refractivity contribution is 6.37. The molecule has 3 aromatic carbocycles. The van der Waals surface area contributed by atoms with Crippen molar-refractivity contribution in [3.8, 4) is 0 Å². The van der Waals surface area contributed by atoms with Crippen LogP contribution in [0.5, 0.6) is 0 Å². The third-order valence-corrected chi connectivity index (χ3v) is 4.81. The fourth-order valence-corrected chi connectivity index (χ4v) is 3.52. The van der Waals surface area contributed by atoms with Crippen molar-refractivity contribution in [2.24, 2.45) is 0 Å². The summed E-state index contributed by atoms with van der Waals surface area (Å²) in [6.45, 7) is 0.805. The van der Waals surface area contributed by atoms with E-state index in [0.717, 1.165) is 17.8 Å². The number of benzene rings is 3. The van der Waals surface area contributed by atoms with Crippen molar-refractivity contribution in [2.45, 2.75) is 6.54 Å². The minimum Gasteiger partial charge on any atom is -0.354 e. The molecule has 0 saturated heterocycles. The molecule has 2 N–H and O–H groups in total. The Labute approximate surface area is 173 Å². The van der Waals surface area contributed by atoms with Crippen molar-refractivity contribution in [1.29, 1.82) is 0 Å². The van der Waals surface area contributed by atoms with Crippen LogP contribution < -0.4 is 10.6 Å². The molecule has 6 heteroatoms. The molecule has 1 aliphatic heterocycles. The largest absolute Gasteiger partial charge is 0.354 e. The number of halogens is 2. The topological polar surface area (TPSA) is 44.4 Å². The zero-order chi connectivity index (χ0) is 21.3. The summed E-state index contributed by atoms with van der Waals surface area (Å²) in [5.41, 5.74) is 4.18. The number of anilines is 2. The van der Waals surface area contributed by atoms with Crippen molar-refractivity contribution < 1.29 is 13.6 Å². The number of carbonyl (C=O) groups excluding carboxylic acids is 1. The van der Waals surface area contributed by atoms with E-state index < -0.39 is 11.6 Å². The third kappa shape index (κ3) is 4.09. The maximum absolute atomic E-state index is 14.0. The minimum absolute atomic E-state index is 0.341. The Morgan fingerprint density at radius 3 is 2.40 bits per heavy atom. The van der Waals surface area contributed by atoms with Crippen LogP contribution in [0.4, 0.5) is 20.2 Å². The van der Waals surface area contributed by atoms with Crippen LogP contribution in [0.2, 0.25) is 0 Å². The minimum atomic E-state index is -0.438. The molecule has 0 atom stereocenters. The lowest BCUT2D eigenvalue weighted by Gasteiger charge is -2.16. The molecule has 0 fully saturated rings. The molecule has 0 unspecified atom stereocenters. The van der Waals surface area contributed by atoms with E-state index in [-0.39, 0.29) is 5.91 Å². The summed E-state index contributed by atoms with van der Waals surface area (Å²) >= 11 is 0. The zero-order valence-electron chi connectivity index (χ0n) is 16.7. The van der Waals surface area contributed by atoms with Crippen LogP contribution in [-0.2, 0) is 11.3 Å². The molecule has 1 aliphatic rings. The van der Waals surface area contributed by atoms with Gasteiger partial charge in [0, 0.05) is 23.4 Å². The number of hydrogen-bond acceptors (Lipinski definition) is 3. The summed E-state index contributed by atoms with van der Waals surface area (Å²) < 4.78 is 27.6. The molecule has 4 rings (SSSR count). The predicted octanol–water partition coefficient (Wildman–Crippen LogP) is 4.96. The maximum Gasteiger partial charge on any atom is 0.258 e. The number of amides is 1. The van der Waals surface area contributed by atoms with Gasteiger partial charge in [0.25, 0.3) is 5.91 Å². The van der Waals surface area contributed by atoms with Crippen molar-refractivity contribution in [3.63, 3.8) is 0 Å². The molecular weight excluding hydrogens is 384 g/mol. The molecule has 1 amide bonds. The second-order valence-corrected chi connectivity index (χ2v) is 7.46. The van der Waals surface area contributed by atoms with Crippen molar-refractivity contribution in [1.82, 2.24) is 4.90 Å². The van der Waals surface area contributed by atoms with Gasteiger partial charge >= 0.3 is 0 Å². The number of carbonyl (C=O) groups is 1. The van der Waals surface area contributed by atoms with Gasteiger partial charge in [-0.15, -0.1) is 0 Å². The second kappa shape index (κ2) is 8.08. The predicted molar refractivity (Wildman–Crippen MR) is 116 cm³/mol. The Kier molecular flexibility index (Phi) is 5.33. The zero-order valence-corrected chi connectivity index (χ0v) is 16.7. The number of nitrogens with zero attached hydrogens (tertiary/aromatic N) is 1. The van der Waals surface area contributed by atoms with Gasteiger partial charge in [-0.05, 0) is 62.1 Å². The van der Waals surface area contributed by atoms with Gasteiger partial charge in [0.1, 0.15) is 11.6 Å². The van der Waals surface area contributed by atoms with E-state index in [1.165, 1.54) is 24.3 Å². The molecule has 0 aromatic heterocycles. The summed E-state index contributed by atoms with van der Waals surface area (Å²) in [5, 5.41) is 5.97. The van der Waals surface area contributed by atoms with Gasteiger partial charge in [-0.2, -0.15) is 0 Å². The van der Waals surface area contributed by atoms with Gasteiger partial charge in [0.05, 0.1) is 17.0 Å². The van der Waals surface area contributed by atoms with Gasteiger partial charge in [-0.1, -0.05) is 24.3 Å². The Bertz CT molecular complexity index is 1140. The monoisotopic (exact) mass is 405 g/mol. The lowest BCUT2D eigenvalue weighted by molar-refractivity contribution is -0.110. The number of fused-ring (bicyclic) bond motifs is 1. The Balaban J connectivity index is 1.81. The van der Waals surface area contributed by atoms with E-state index in [1.807, 2.05) is 38.4 Å². The van der Waals surface area contributed by atoms with E-state index in [9.17, 15) is 13.6 Å². The summed E-state index contributed by atoms with van der Waals surface area (Å²) in [6.07, 6.45) is 0. The smallest absolute Gasteiger partial charge is 0.258 e. The number of hydrogen-bond donors (Lipinski definition) is 2. The first kappa shape index (κ1) is 19.8. The molecule has 3 aromatic rings. The van der Waals surface area contributed by atoms with Crippen molar-refractivity contribution in [2.75, 3.05) is 24.7 Å². The molecule has 4 nitrogen and oxygen atoms in total. The molecule has 0 spiro atoms. The van der Waals surface area contributed by atoms with Gasteiger partial charge in [0.2, 0.25) is 0 Å². The van der Waals surface area contributed by atoms with Crippen LogP contribution in [0.25, 0.3) is 11.3 Å². The molecule has 0 bridgehead atoms. The summed E-state index contributed by atoms with van der Waals surface area (Å²) in [4.78, 5) is 14.8. The fourth-order valence-electron chi connectivity index (χ4n) is 3.52. The fraction of sp³-hybridized carbons (Fsp3) is 0.125. The molecule has 1 heterocycles. The van der Waals surface area contributed by atoms with E-state index in [1.54, 1.807) is 18.2 Å². The van der Waals surface area contributed by atoms with Crippen molar-refractivity contribution in [3.05, 3.63) is 95.1 Å². The van der Waals surface area contributed by atoms with Crippen LogP contribution in [0.3, 0.4) is 0 Å². The first-order valence-electron chi connectivity index (χ1n) is 9.53. The van der Waals surface area contributed by atoms with Crippen LogP contribution in [0, 0.1) is 11.6 Å². The Morgan fingerprint density at radius 2 is 1.70 bits per heavy atom. The van der Waals surface area contributed by atoms with E-state index in [4.69, 9.17) is 0 Å². The molecular formula is C24H21F2N3O. The third-order valence-electron chi connectivity index (χ3n) is 4.81. The summed E-state index contributed by atoms with van der Waals surface area (Å²) in [7, 11) is 4.00. The van der Waals surface area contributed by atoms with Crippen LogP contribution in [0.15, 0.2) is 66.7 Å². The highest BCUT2D eigenvalue weighted by atomic mass is 19.1. The quantitative estimate of drug-likeness (QED) is 0.590. The van der Waals surface area contributed by atoms with Crippen LogP contribution in [0.1, 0.15) is 16.7 Å². The van der Waals surface area contributed by atoms with Gasteiger partial charge in [-0.3, -0.25) is 4.79 Å². The van der Waals surface area contributed by atoms with Gasteiger partial charge in [0.15, 0.2) is 0 Å². The summed E-state index contributed by atoms with van der Waals surface area (Å²) in [5.74, 6) is -1.22. The van der Waals surface area contributed by atoms with E-state index in [2.05, 4.69) is 15.5 Å². The normalized spacial score (nSPS) is 14.5. The molecule has 30 heavy (non-hydrogen) atoms. The molecule has 0 saturated carbocycles. The van der Waals surface area contributed by atoms with Crippen LogP contribution in [-0.4, -0.2) is 24.9 Å². The van der Waals surface area contributed by atoms with Crippen molar-refractivity contribution >= 4 is 28.6 Å². The summed E-state index contributed by atoms with van der Waals surface area (Å²) in [6, 6.07) is 18.0. The first-order valence-corrected chi connectivity index (χ1v) is 9.53. The van der Waals surface area contributed by atoms with E-state index >= 15 is 0 Å². The standard InChI is InChI=1S/C24H21F2N3O/c1-29(2)14-15-6-9-19(10-7-15)27-23(16-4-3-5-17(25)12-16)22-20-11-8-18(26)13-21(20)28-24(22)30/h3-13,27H,14H2,1-2H3,(H,28,30). The van der Waals surface area contributed by atoms with Gasteiger partial charge < -0.3 is 15.5 Å². The SMILES string of the molecule is CN(C)Cc1ccc(NC(=C2C(=O)Nc3cc(F)ccc32)c2cccc(F)c2)cc1. The molecule has 0 radical (unpaired) electrons. The molecule has 0 aliphatic carbocycles. The highest BCUT2D eigenvalue weighted by Crippen LogP contribution is 2.38. The Hall–Kier alpha value is -3.51. The molecule has 152 valence electrons. The first-order chi connectivity index (χ1) is 14.4. The highest BCUT2D eigenvalue weighted by Gasteiger charge is 2.29. The average molecular weight is 405 g/mol. The van der Waals surface area contributed by atoms with Gasteiger partial charge in [-0.25, -0.2) is 8.78 Å². The maximum atomic E-state index is 14.0. The Morgan fingerprint density at radius 1 is 0.967 bits per heavy atom.